The van der Waals surface area contributed by atoms with Gasteiger partial charge in [-0.2, -0.15) is 10.2 Å². The number of pyridine rings is 2. The van der Waals surface area contributed by atoms with Crippen LogP contribution in [0.5, 0.6) is 11.6 Å². The maximum absolute atomic E-state index is 8.94. The van der Waals surface area contributed by atoms with Crippen molar-refractivity contribution in [3.63, 3.8) is 0 Å². The van der Waals surface area contributed by atoms with E-state index in [1.165, 1.54) is 12.4 Å². The molecule has 0 aliphatic carbocycles. The van der Waals surface area contributed by atoms with Gasteiger partial charge in [0.05, 0.1) is 23.9 Å². The van der Waals surface area contributed by atoms with Gasteiger partial charge in [0.15, 0.2) is 11.4 Å². The smallest absolute Gasteiger partial charge is 0.223 e. The molecule has 0 spiro atoms. The van der Waals surface area contributed by atoms with Crippen LogP contribution in [0.1, 0.15) is 11.3 Å². The number of ether oxygens (including phenoxy) is 1. The third kappa shape index (κ3) is 3.69. The molecule has 3 aromatic heterocycles. The highest BCUT2D eigenvalue weighted by atomic mass is 16.5. The van der Waals surface area contributed by atoms with Crippen molar-refractivity contribution in [2.45, 2.75) is 6.92 Å². The quantitative estimate of drug-likeness (QED) is 0.575. The van der Waals surface area contributed by atoms with Crippen molar-refractivity contribution in [1.82, 2.24) is 24.8 Å². The molecule has 3 aromatic rings. The number of nitriles is 1. The van der Waals surface area contributed by atoms with E-state index in [4.69, 9.17) is 15.4 Å². The third-order valence-electron chi connectivity index (χ3n) is 3.77. The molecule has 0 atom stereocenters. The first kappa shape index (κ1) is 17.9. The molecule has 9 nitrogen and oxygen atoms in total. The van der Waals surface area contributed by atoms with E-state index in [2.05, 4.69) is 25.6 Å². The Hall–Kier alpha value is -3.93. The van der Waals surface area contributed by atoms with Crippen LogP contribution in [0.2, 0.25) is 0 Å². The van der Waals surface area contributed by atoms with E-state index in [-0.39, 0.29) is 0 Å². The van der Waals surface area contributed by atoms with Gasteiger partial charge >= 0.3 is 0 Å². The van der Waals surface area contributed by atoms with E-state index in [9.17, 15) is 0 Å². The summed E-state index contributed by atoms with van der Waals surface area (Å²) < 4.78 is 7.68. The Bertz CT molecular complexity index is 1080. The molecule has 0 aliphatic heterocycles. The lowest BCUT2D eigenvalue weighted by Gasteiger charge is -2.12. The van der Waals surface area contributed by atoms with E-state index in [0.29, 0.717) is 39.9 Å². The van der Waals surface area contributed by atoms with E-state index < -0.39 is 0 Å². The first-order valence-electron chi connectivity index (χ1n) is 8.07. The summed E-state index contributed by atoms with van der Waals surface area (Å²) in [6, 6.07) is 5.36. The van der Waals surface area contributed by atoms with Crippen molar-refractivity contribution in [1.29, 1.82) is 10.7 Å². The average Bonchev–Trinajstić information content (AvgIpc) is 3.04. The van der Waals surface area contributed by atoms with Crippen LogP contribution in [-0.2, 0) is 7.05 Å². The molecule has 0 amide bonds. The predicted molar refractivity (Wildman–Crippen MR) is 102 cm³/mol. The molecule has 3 N–H and O–H groups in total. The molecule has 0 unspecified atom stereocenters. The normalized spacial score (nSPS) is 11.1. The second-order valence-electron chi connectivity index (χ2n) is 5.74. The van der Waals surface area contributed by atoms with Gasteiger partial charge in [0, 0.05) is 32.6 Å². The number of nitrogens with zero attached hydrogens (tertiary/aromatic N) is 5. The minimum atomic E-state index is 0.324. The fraction of sp³-hybridized carbons (Fsp3) is 0.167. The summed E-state index contributed by atoms with van der Waals surface area (Å²) >= 11 is 0. The minimum Gasteiger partial charge on any atom is -0.437 e. The molecular formula is C18H18N8O. The van der Waals surface area contributed by atoms with E-state index in [1.54, 1.807) is 36.3 Å². The van der Waals surface area contributed by atoms with Gasteiger partial charge in [-0.05, 0) is 18.6 Å². The molecule has 3 rings (SSSR count). The third-order valence-corrected chi connectivity index (χ3v) is 3.77. The summed E-state index contributed by atoms with van der Waals surface area (Å²) in [7, 11) is 3.59. The van der Waals surface area contributed by atoms with Gasteiger partial charge in [-0.1, -0.05) is 0 Å². The molecule has 0 saturated heterocycles. The SMILES string of the molecule is CN/C=C(\C=N)Nc1cc(Oc2cnc(C#N)cc2C)nc2c1ncn2C. The predicted octanol–water partition coefficient (Wildman–Crippen LogP) is 2.46. The zero-order valence-corrected chi connectivity index (χ0v) is 15.1. The number of hydrogen-bond donors (Lipinski definition) is 3. The van der Waals surface area contributed by atoms with Crippen molar-refractivity contribution in [2.75, 3.05) is 12.4 Å². The Morgan fingerprint density at radius 1 is 1.37 bits per heavy atom. The second kappa shape index (κ2) is 7.53. The zero-order valence-electron chi connectivity index (χ0n) is 15.1. The number of hydrogen-bond acceptors (Lipinski definition) is 8. The van der Waals surface area contributed by atoms with Crippen LogP contribution in [-0.4, -0.2) is 32.8 Å². The van der Waals surface area contributed by atoms with Crippen LogP contribution in [0, 0.1) is 23.7 Å². The highest BCUT2D eigenvalue weighted by Crippen LogP contribution is 2.30. The fourth-order valence-corrected chi connectivity index (χ4v) is 2.47. The van der Waals surface area contributed by atoms with Crippen LogP contribution in [0.4, 0.5) is 5.69 Å². The van der Waals surface area contributed by atoms with Crippen molar-refractivity contribution >= 4 is 23.1 Å². The Kier molecular flexibility index (Phi) is 4.99. The highest BCUT2D eigenvalue weighted by molar-refractivity contribution is 5.91. The Morgan fingerprint density at radius 3 is 2.85 bits per heavy atom. The number of imidazole rings is 1. The second-order valence-corrected chi connectivity index (χ2v) is 5.74. The molecule has 0 aliphatic rings. The Labute approximate surface area is 155 Å². The first-order chi connectivity index (χ1) is 13.0. The van der Waals surface area contributed by atoms with Gasteiger partial charge in [-0.25, -0.2) is 9.97 Å². The van der Waals surface area contributed by atoms with Crippen LogP contribution in [0.25, 0.3) is 11.2 Å². The van der Waals surface area contributed by atoms with Gasteiger partial charge in [-0.15, -0.1) is 0 Å². The highest BCUT2D eigenvalue weighted by Gasteiger charge is 2.13. The van der Waals surface area contributed by atoms with E-state index in [0.717, 1.165) is 5.56 Å². The van der Waals surface area contributed by atoms with Crippen molar-refractivity contribution in [3.05, 3.63) is 47.8 Å². The van der Waals surface area contributed by atoms with Crippen LogP contribution < -0.4 is 15.4 Å². The molecule has 0 fully saturated rings. The molecule has 0 bridgehead atoms. The minimum absolute atomic E-state index is 0.324. The van der Waals surface area contributed by atoms with Crippen LogP contribution in [0.3, 0.4) is 0 Å². The molecule has 0 aromatic carbocycles. The summed E-state index contributed by atoms with van der Waals surface area (Å²) in [5.41, 5.74) is 3.59. The monoisotopic (exact) mass is 362 g/mol. The number of fused-ring (bicyclic) bond motifs is 1. The van der Waals surface area contributed by atoms with Gasteiger partial charge in [0.25, 0.3) is 0 Å². The molecule has 136 valence electrons. The molecular weight excluding hydrogens is 344 g/mol. The van der Waals surface area contributed by atoms with Gasteiger partial charge in [0.2, 0.25) is 5.88 Å². The maximum atomic E-state index is 8.94. The number of nitrogens with one attached hydrogen (secondary N) is 3. The summed E-state index contributed by atoms with van der Waals surface area (Å²) in [5, 5.41) is 22.5. The summed E-state index contributed by atoms with van der Waals surface area (Å²) in [4.78, 5) is 12.9. The maximum Gasteiger partial charge on any atom is 0.223 e. The number of anilines is 1. The Balaban J connectivity index is 2.04. The van der Waals surface area contributed by atoms with Crippen LogP contribution in [0.15, 0.2) is 36.6 Å². The molecule has 0 saturated carbocycles. The lowest BCUT2D eigenvalue weighted by atomic mass is 10.2. The number of rotatable bonds is 6. The number of allylic oxidation sites excluding steroid dienone is 1. The van der Waals surface area contributed by atoms with Gasteiger partial charge in [0.1, 0.15) is 17.3 Å². The van der Waals surface area contributed by atoms with E-state index >= 15 is 0 Å². The van der Waals surface area contributed by atoms with Crippen LogP contribution >= 0.6 is 0 Å². The zero-order chi connectivity index (χ0) is 19.4. The molecule has 3 heterocycles. The Morgan fingerprint density at radius 2 is 2.19 bits per heavy atom. The molecule has 0 radical (unpaired) electrons. The first-order valence-corrected chi connectivity index (χ1v) is 8.07. The number of aromatic nitrogens is 4. The topological polar surface area (TPSA) is 125 Å². The summed E-state index contributed by atoms with van der Waals surface area (Å²) in [6.45, 7) is 1.84. The largest absolute Gasteiger partial charge is 0.437 e. The van der Waals surface area contributed by atoms with Gasteiger partial charge < -0.3 is 25.3 Å². The summed E-state index contributed by atoms with van der Waals surface area (Å²) in [5.74, 6) is 0.851. The fourth-order valence-electron chi connectivity index (χ4n) is 2.47. The molecule has 27 heavy (non-hydrogen) atoms. The van der Waals surface area contributed by atoms with Crippen molar-refractivity contribution in [3.8, 4) is 17.7 Å². The van der Waals surface area contributed by atoms with Crippen molar-refractivity contribution < 1.29 is 4.74 Å². The summed E-state index contributed by atoms with van der Waals surface area (Å²) in [6.07, 6.45) is 6.02. The lowest BCUT2D eigenvalue weighted by molar-refractivity contribution is 0.458. The van der Waals surface area contributed by atoms with E-state index in [1.807, 2.05) is 20.0 Å². The van der Waals surface area contributed by atoms with Gasteiger partial charge in [-0.3, -0.25) is 0 Å². The number of aryl methyl sites for hydroxylation is 2. The van der Waals surface area contributed by atoms with Crippen molar-refractivity contribution in [2.24, 2.45) is 7.05 Å². The lowest BCUT2D eigenvalue weighted by Crippen LogP contribution is -2.07. The molecule has 9 heteroatoms. The average molecular weight is 362 g/mol. The standard InChI is InChI=1S/C18H18N8O/c1-11-4-12(6-19)22-9-15(11)27-16-5-14(24-13(7-20)8-21-2)17-18(25-16)26(3)10-23-17/h4-5,7-10,20-21H,1-3H3,(H,24,25)/b13-8+,20-7?.